The number of benzene rings is 1. The van der Waals surface area contributed by atoms with Crippen LogP contribution in [-0.2, 0) is 0 Å². The third-order valence-corrected chi connectivity index (χ3v) is 4.31. The molecule has 19 heavy (non-hydrogen) atoms. The lowest BCUT2D eigenvalue weighted by Crippen LogP contribution is -2.47. The fraction of sp³-hybridized carbons (Fsp3) is 0.533. The number of hydrogen-bond donors (Lipinski definition) is 0. The van der Waals surface area contributed by atoms with Crippen LogP contribution in [0.4, 0.5) is 5.69 Å². The molecule has 1 aliphatic heterocycles. The van der Waals surface area contributed by atoms with E-state index in [9.17, 15) is 0 Å². The monoisotopic (exact) mass is 275 g/mol. The largest absolute Gasteiger partial charge is 0.368 e. The van der Waals surface area contributed by atoms with Crippen molar-refractivity contribution in [2.45, 2.75) is 12.8 Å². The first-order valence-electron chi connectivity index (χ1n) is 6.93. The smallest absolute Gasteiger partial charge is 0.0992 e. The average Bonchev–Trinajstić information content (AvgIpc) is 3.24. The standard InChI is InChI=1S/C15H18ClN3/c16-14-9-13(10-17)3-4-15(14)19-7-5-18(6-8-19)11-12-1-2-12/h3-4,9,12H,1-2,5-8,11H2. The van der Waals surface area contributed by atoms with E-state index < -0.39 is 0 Å². The van der Waals surface area contributed by atoms with Gasteiger partial charge in [-0.05, 0) is 37.0 Å². The summed E-state index contributed by atoms with van der Waals surface area (Å²) >= 11 is 6.27. The number of hydrogen-bond acceptors (Lipinski definition) is 3. The highest BCUT2D eigenvalue weighted by Gasteiger charge is 2.26. The van der Waals surface area contributed by atoms with Crippen LogP contribution in [0, 0.1) is 17.2 Å². The summed E-state index contributed by atoms with van der Waals surface area (Å²) in [5.41, 5.74) is 1.69. The Kier molecular flexibility index (Phi) is 3.63. The van der Waals surface area contributed by atoms with Crippen LogP contribution < -0.4 is 4.90 Å². The molecule has 100 valence electrons. The number of nitriles is 1. The van der Waals surface area contributed by atoms with Crippen LogP contribution in [0.25, 0.3) is 0 Å². The van der Waals surface area contributed by atoms with Gasteiger partial charge in [0.05, 0.1) is 22.3 Å². The van der Waals surface area contributed by atoms with Gasteiger partial charge in [0.25, 0.3) is 0 Å². The molecule has 3 rings (SSSR count). The van der Waals surface area contributed by atoms with Crippen molar-refractivity contribution in [2.24, 2.45) is 5.92 Å². The Bertz CT molecular complexity index is 497. The Morgan fingerprint density at radius 1 is 1.21 bits per heavy atom. The van der Waals surface area contributed by atoms with Gasteiger partial charge in [-0.1, -0.05) is 11.6 Å². The topological polar surface area (TPSA) is 30.3 Å². The Labute approximate surface area is 119 Å². The summed E-state index contributed by atoms with van der Waals surface area (Å²) in [4.78, 5) is 4.89. The second kappa shape index (κ2) is 5.40. The molecular formula is C15H18ClN3. The molecule has 1 saturated carbocycles. The number of halogens is 1. The Balaban J connectivity index is 1.62. The highest BCUT2D eigenvalue weighted by molar-refractivity contribution is 6.33. The second-order valence-corrected chi connectivity index (χ2v) is 5.92. The minimum absolute atomic E-state index is 0.626. The lowest BCUT2D eigenvalue weighted by atomic mass is 10.2. The number of rotatable bonds is 3. The number of nitrogens with zero attached hydrogens (tertiary/aromatic N) is 3. The zero-order chi connectivity index (χ0) is 13.2. The summed E-state index contributed by atoms with van der Waals surface area (Å²) in [5.74, 6) is 0.963. The first-order valence-corrected chi connectivity index (χ1v) is 7.31. The highest BCUT2D eigenvalue weighted by atomic mass is 35.5. The summed E-state index contributed by atoms with van der Waals surface area (Å²) in [6, 6.07) is 7.69. The molecule has 0 N–H and O–H groups in total. The molecule has 1 saturated heterocycles. The fourth-order valence-corrected chi connectivity index (χ4v) is 2.97. The van der Waals surface area contributed by atoms with E-state index >= 15 is 0 Å². The van der Waals surface area contributed by atoms with Gasteiger partial charge in [0, 0.05) is 32.7 Å². The van der Waals surface area contributed by atoms with Gasteiger partial charge in [0.2, 0.25) is 0 Å². The molecule has 0 radical (unpaired) electrons. The van der Waals surface area contributed by atoms with E-state index in [0.29, 0.717) is 10.6 Å². The highest BCUT2D eigenvalue weighted by Crippen LogP contribution is 2.31. The molecule has 1 aromatic rings. The van der Waals surface area contributed by atoms with E-state index in [2.05, 4.69) is 15.9 Å². The van der Waals surface area contributed by atoms with Crippen LogP contribution in [0.15, 0.2) is 18.2 Å². The minimum Gasteiger partial charge on any atom is -0.368 e. The van der Waals surface area contributed by atoms with Gasteiger partial charge >= 0.3 is 0 Å². The normalized spacial score (nSPS) is 20.3. The predicted molar refractivity (Wildman–Crippen MR) is 77.5 cm³/mol. The fourth-order valence-electron chi connectivity index (χ4n) is 2.67. The van der Waals surface area contributed by atoms with Gasteiger partial charge in [-0.25, -0.2) is 0 Å². The molecule has 2 aliphatic rings. The van der Waals surface area contributed by atoms with Gasteiger partial charge in [-0.15, -0.1) is 0 Å². The Hall–Kier alpha value is -1.24. The summed E-state index contributed by atoms with van der Waals surface area (Å²) < 4.78 is 0. The molecule has 1 aliphatic carbocycles. The van der Waals surface area contributed by atoms with E-state index in [1.165, 1.54) is 19.4 Å². The molecule has 0 amide bonds. The molecule has 0 atom stereocenters. The van der Waals surface area contributed by atoms with E-state index in [-0.39, 0.29) is 0 Å². The van der Waals surface area contributed by atoms with E-state index in [0.717, 1.165) is 37.8 Å². The van der Waals surface area contributed by atoms with E-state index in [4.69, 9.17) is 16.9 Å². The summed E-state index contributed by atoms with van der Waals surface area (Å²) in [7, 11) is 0. The van der Waals surface area contributed by atoms with Crippen molar-refractivity contribution < 1.29 is 0 Å². The van der Waals surface area contributed by atoms with Gasteiger partial charge < -0.3 is 4.90 Å². The van der Waals surface area contributed by atoms with Crippen molar-refractivity contribution in [1.29, 1.82) is 5.26 Å². The minimum atomic E-state index is 0.626. The summed E-state index contributed by atoms with van der Waals surface area (Å²) in [5, 5.41) is 9.55. The van der Waals surface area contributed by atoms with Crippen LogP contribution in [0.3, 0.4) is 0 Å². The molecule has 2 fully saturated rings. The molecule has 0 unspecified atom stereocenters. The average molecular weight is 276 g/mol. The van der Waals surface area contributed by atoms with E-state index in [1.54, 1.807) is 6.07 Å². The van der Waals surface area contributed by atoms with Crippen LogP contribution in [-0.4, -0.2) is 37.6 Å². The van der Waals surface area contributed by atoms with Crippen LogP contribution in [0.5, 0.6) is 0 Å². The zero-order valence-electron chi connectivity index (χ0n) is 11.0. The maximum Gasteiger partial charge on any atom is 0.0992 e. The predicted octanol–water partition coefficient (Wildman–Crippen LogP) is 2.74. The quantitative estimate of drug-likeness (QED) is 0.850. The van der Waals surface area contributed by atoms with Crippen LogP contribution >= 0.6 is 11.6 Å². The maximum absolute atomic E-state index is 8.86. The van der Waals surface area contributed by atoms with Crippen molar-refractivity contribution >= 4 is 17.3 Å². The molecule has 0 aromatic heterocycles. The van der Waals surface area contributed by atoms with Crippen molar-refractivity contribution in [3.8, 4) is 6.07 Å². The van der Waals surface area contributed by atoms with Gasteiger partial charge in [-0.3, -0.25) is 4.90 Å². The lowest BCUT2D eigenvalue weighted by Gasteiger charge is -2.36. The molecule has 0 bridgehead atoms. The summed E-state index contributed by atoms with van der Waals surface area (Å²) in [6.07, 6.45) is 2.84. The van der Waals surface area contributed by atoms with Gasteiger partial charge in [-0.2, -0.15) is 5.26 Å². The molecule has 1 heterocycles. The van der Waals surface area contributed by atoms with Crippen molar-refractivity contribution in [2.75, 3.05) is 37.6 Å². The third kappa shape index (κ3) is 3.02. The van der Waals surface area contributed by atoms with E-state index in [1.807, 2.05) is 12.1 Å². The molecular weight excluding hydrogens is 258 g/mol. The molecule has 3 nitrogen and oxygen atoms in total. The van der Waals surface area contributed by atoms with Crippen molar-refractivity contribution in [1.82, 2.24) is 4.90 Å². The SMILES string of the molecule is N#Cc1ccc(N2CCN(CC3CC3)CC2)c(Cl)c1. The van der Waals surface area contributed by atoms with Crippen LogP contribution in [0.2, 0.25) is 5.02 Å². The second-order valence-electron chi connectivity index (χ2n) is 5.51. The lowest BCUT2D eigenvalue weighted by molar-refractivity contribution is 0.248. The van der Waals surface area contributed by atoms with Crippen molar-refractivity contribution in [3.63, 3.8) is 0 Å². The number of piperazine rings is 1. The molecule has 4 heteroatoms. The third-order valence-electron chi connectivity index (χ3n) is 4.00. The Morgan fingerprint density at radius 2 is 1.95 bits per heavy atom. The van der Waals surface area contributed by atoms with Crippen molar-refractivity contribution in [3.05, 3.63) is 28.8 Å². The number of anilines is 1. The van der Waals surface area contributed by atoms with Gasteiger partial charge in [0.15, 0.2) is 0 Å². The first-order chi connectivity index (χ1) is 9.26. The summed E-state index contributed by atoms with van der Waals surface area (Å²) in [6.45, 7) is 5.56. The zero-order valence-corrected chi connectivity index (χ0v) is 11.7. The maximum atomic E-state index is 8.86. The Morgan fingerprint density at radius 3 is 2.53 bits per heavy atom. The molecule has 1 aromatic carbocycles. The first kappa shape index (κ1) is 12.8. The van der Waals surface area contributed by atoms with Crippen LogP contribution in [0.1, 0.15) is 18.4 Å². The van der Waals surface area contributed by atoms with Gasteiger partial charge in [0.1, 0.15) is 0 Å². The molecule has 0 spiro atoms.